The van der Waals surface area contributed by atoms with Crippen LogP contribution in [0.15, 0.2) is 42.5 Å². The molecule has 1 unspecified atom stereocenters. The second kappa shape index (κ2) is 9.82. The number of amides is 2. The first-order valence-electron chi connectivity index (χ1n) is 8.22. The third kappa shape index (κ3) is 5.19. The molecule has 0 spiro atoms. The number of carbonyl (C=O) groups is 3. The number of nitrogens with one attached hydrogen (secondary N) is 1. The van der Waals surface area contributed by atoms with Gasteiger partial charge in [0.1, 0.15) is 6.04 Å². The zero-order valence-corrected chi connectivity index (χ0v) is 17.3. The minimum absolute atomic E-state index is 0.0259. The molecule has 148 valence electrons. The number of hydrogen-bond acceptors (Lipinski definition) is 4. The number of halogens is 2. The Kier molecular flexibility index (Phi) is 7.74. The molecular weight excluding hydrogens is 423 g/mol. The van der Waals surface area contributed by atoms with E-state index in [1.807, 2.05) is 0 Å². The highest BCUT2D eigenvalue weighted by Crippen LogP contribution is 2.39. The zero-order valence-electron chi connectivity index (χ0n) is 14.9. The summed E-state index contributed by atoms with van der Waals surface area (Å²) in [5.41, 5.74) is 0.896. The summed E-state index contributed by atoms with van der Waals surface area (Å²) in [4.78, 5) is 37.4. The van der Waals surface area contributed by atoms with Crippen molar-refractivity contribution in [3.63, 3.8) is 0 Å². The highest BCUT2D eigenvalue weighted by atomic mass is 35.5. The summed E-state index contributed by atoms with van der Waals surface area (Å²) in [6.07, 6.45) is -0.312. The van der Waals surface area contributed by atoms with Gasteiger partial charge in [-0.2, -0.15) is 12.6 Å². The minimum Gasteiger partial charge on any atom is -0.481 e. The molecule has 9 heteroatoms. The first-order chi connectivity index (χ1) is 13.3. The number of carbonyl (C=O) groups excluding carboxylic acids is 2. The van der Waals surface area contributed by atoms with Crippen LogP contribution >= 0.6 is 35.8 Å². The molecule has 1 atom stereocenters. The third-order valence-corrected chi connectivity index (χ3v) is 4.79. The maximum atomic E-state index is 13.4. The molecule has 0 aliphatic carbocycles. The fourth-order valence-electron chi connectivity index (χ4n) is 2.68. The Morgan fingerprint density at radius 1 is 1.11 bits per heavy atom. The normalized spacial score (nSPS) is 11.6. The van der Waals surface area contributed by atoms with E-state index in [0.29, 0.717) is 11.3 Å². The first kappa shape index (κ1) is 22.1. The summed E-state index contributed by atoms with van der Waals surface area (Å²) in [6, 6.07) is 10.3. The minimum atomic E-state index is -1.06. The monoisotopic (exact) mass is 440 g/mol. The molecule has 0 saturated carbocycles. The summed E-state index contributed by atoms with van der Waals surface area (Å²) in [6.45, 7) is 1.29. The van der Waals surface area contributed by atoms with E-state index in [2.05, 4.69) is 17.9 Å². The van der Waals surface area contributed by atoms with Gasteiger partial charge in [0.25, 0.3) is 5.91 Å². The molecule has 2 rings (SSSR count). The third-order valence-electron chi connectivity index (χ3n) is 3.81. The zero-order chi connectivity index (χ0) is 20.8. The van der Waals surface area contributed by atoms with Gasteiger partial charge in [0.05, 0.1) is 27.8 Å². The number of thiol groups is 1. The van der Waals surface area contributed by atoms with Crippen molar-refractivity contribution in [2.24, 2.45) is 0 Å². The van der Waals surface area contributed by atoms with E-state index in [9.17, 15) is 19.5 Å². The van der Waals surface area contributed by atoms with Crippen LogP contribution in [-0.2, 0) is 20.8 Å². The second-order valence-corrected chi connectivity index (χ2v) is 7.06. The van der Waals surface area contributed by atoms with Crippen molar-refractivity contribution in [1.82, 2.24) is 5.32 Å². The summed E-state index contributed by atoms with van der Waals surface area (Å²) in [5, 5.41) is 12.2. The summed E-state index contributed by atoms with van der Waals surface area (Å²) < 4.78 is 0. The second-order valence-electron chi connectivity index (χ2n) is 5.88. The predicted octanol–water partition coefficient (Wildman–Crippen LogP) is 3.72. The van der Waals surface area contributed by atoms with E-state index < -0.39 is 23.8 Å². The van der Waals surface area contributed by atoms with Crippen molar-refractivity contribution >= 4 is 65.0 Å². The lowest BCUT2D eigenvalue weighted by atomic mass is 10.1. The number of aliphatic carboxylic acids is 1. The molecule has 0 aliphatic heterocycles. The summed E-state index contributed by atoms with van der Waals surface area (Å²) in [5.74, 6) is -1.98. The average molecular weight is 441 g/mol. The average Bonchev–Trinajstić information content (AvgIpc) is 2.62. The lowest BCUT2D eigenvalue weighted by Gasteiger charge is -2.30. The SMILES string of the molecule is CC(=O)NC(CS)C(=O)N(c1ccccc1CC(=O)O)c1c(Cl)cccc1Cl. The molecule has 6 nitrogen and oxygen atoms in total. The van der Waals surface area contributed by atoms with Crippen LogP contribution in [0, 0.1) is 0 Å². The standard InChI is InChI=1S/C19H18Cl2N2O4S/c1-11(24)22-15(10-28)19(27)23(18-13(20)6-4-7-14(18)21)16-8-3-2-5-12(16)9-17(25)26/h2-8,15,28H,9-10H2,1H3,(H,22,24)(H,25,26). The van der Waals surface area contributed by atoms with Gasteiger partial charge in [-0.3, -0.25) is 19.3 Å². The van der Waals surface area contributed by atoms with E-state index in [0.717, 1.165) is 0 Å². The predicted molar refractivity (Wildman–Crippen MR) is 113 cm³/mol. The van der Waals surface area contributed by atoms with Crippen LogP contribution in [0.3, 0.4) is 0 Å². The number of nitrogens with zero attached hydrogens (tertiary/aromatic N) is 1. The van der Waals surface area contributed by atoms with Crippen LogP contribution in [0.1, 0.15) is 12.5 Å². The topological polar surface area (TPSA) is 86.7 Å². The van der Waals surface area contributed by atoms with Crippen molar-refractivity contribution in [2.45, 2.75) is 19.4 Å². The smallest absolute Gasteiger partial charge is 0.307 e. The highest BCUT2D eigenvalue weighted by molar-refractivity contribution is 7.80. The van der Waals surface area contributed by atoms with E-state index in [4.69, 9.17) is 23.2 Å². The van der Waals surface area contributed by atoms with Gasteiger partial charge in [-0.05, 0) is 23.8 Å². The van der Waals surface area contributed by atoms with Gasteiger partial charge in [0, 0.05) is 12.7 Å². The molecule has 2 aromatic rings. The molecule has 0 aromatic heterocycles. The van der Waals surface area contributed by atoms with Gasteiger partial charge in [-0.25, -0.2) is 0 Å². The number of carboxylic acids is 1. The number of para-hydroxylation sites is 2. The first-order valence-corrected chi connectivity index (χ1v) is 9.60. The van der Waals surface area contributed by atoms with Crippen LogP contribution in [-0.4, -0.2) is 34.7 Å². The van der Waals surface area contributed by atoms with Crippen LogP contribution < -0.4 is 10.2 Å². The fraction of sp³-hybridized carbons (Fsp3) is 0.211. The molecule has 0 saturated heterocycles. The Labute approximate surface area is 177 Å². The van der Waals surface area contributed by atoms with E-state index in [-0.39, 0.29) is 27.9 Å². The molecule has 2 N–H and O–H groups in total. The quantitative estimate of drug-likeness (QED) is 0.572. The largest absolute Gasteiger partial charge is 0.481 e. The van der Waals surface area contributed by atoms with Gasteiger partial charge in [0.15, 0.2) is 0 Å². The Bertz CT molecular complexity index is 887. The summed E-state index contributed by atoms with van der Waals surface area (Å²) >= 11 is 16.8. The van der Waals surface area contributed by atoms with Gasteiger partial charge < -0.3 is 10.4 Å². The van der Waals surface area contributed by atoms with Crippen molar-refractivity contribution in [1.29, 1.82) is 0 Å². The maximum Gasteiger partial charge on any atom is 0.307 e. The molecule has 2 amide bonds. The van der Waals surface area contributed by atoms with Gasteiger partial charge in [0.2, 0.25) is 5.91 Å². The number of hydrogen-bond donors (Lipinski definition) is 3. The van der Waals surface area contributed by atoms with E-state index in [1.54, 1.807) is 42.5 Å². The number of rotatable bonds is 7. The lowest BCUT2D eigenvalue weighted by molar-refractivity contribution is -0.136. The molecule has 2 aromatic carbocycles. The van der Waals surface area contributed by atoms with Crippen LogP contribution in [0.4, 0.5) is 11.4 Å². The maximum absolute atomic E-state index is 13.4. The number of anilines is 2. The van der Waals surface area contributed by atoms with Crippen molar-refractivity contribution in [2.75, 3.05) is 10.7 Å². The number of carboxylic acid groups (broad SMARTS) is 1. The number of benzene rings is 2. The molecule has 0 aliphatic rings. The molecule has 0 fully saturated rings. The molecule has 28 heavy (non-hydrogen) atoms. The Hall–Kier alpha value is -2.22. The lowest BCUT2D eigenvalue weighted by Crippen LogP contribution is -2.48. The molecule has 0 heterocycles. The molecule has 0 bridgehead atoms. The van der Waals surface area contributed by atoms with Crippen molar-refractivity contribution < 1.29 is 19.5 Å². The van der Waals surface area contributed by atoms with Crippen LogP contribution in [0.25, 0.3) is 0 Å². The highest BCUT2D eigenvalue weighted by Gasteiger charge is 2.31. The Morgan fingerprint density at radius 3 is 2.25 bits per heavy atom. The molecular formula is C19H18Cl2N2O4S. The Balaban J connectivity index is 2.69. The van der Waals surface area contributed by atoms with Gasteiger partial charge in [-0.15, -0.1) is 0 Å². The van der Waals surface area contributed by atoms with Gasteiger partial charge in [-0.1, -0.05) is 47.5 Å². The summed E-state index contributed by atoms with van der Waals surface area (Å²) in [7, 11) is 0. The molecule has 0 radical (unpaired) electrons. The van der Waals surface area contributed by atoms with Crippen molar-refractivity contribution in [3.05, 3.63) is 58.1 Å². The van der Waals surface area contributed by atoms with E-state index >= 15 is 0 Å². The van der Waals surface area contributed by atoms with Gasteiger partial charge >= 0.3 is 5.97 Å². The fourth-order valence-corrected chi connectivity index (χ4v) is 3.49. The van der Waals surface area contributed by atoms with Crippen LogP contribution in [0.2, 0.25) is 10.0 Å². The Morgan fingerprint density at radius 2 is 1.71 bits per heavy atom. The van der Waals surface area contributed by atoms with E-state index in [1.165, 1.54) is 11.8 Å². The van der Waals surface area contributed by atoms with Crippen molar-refractivity contribution in [3.8, 4) is 0 Å². The van der Waals surface area contributed by atoms with Crippen LogP contribution in [0.5, 0.6) is 0 Å².